The van der Waals surface area contributed by atoms with E-state index in [1.165, 1.54) is 0 Å². The van der Waals surface area contributed by atoms with Crippen LogP contribution in [0.25, 0.3) is 22.3 Å². The molecule has 3 aromatic heterocycles. The van der Waals surface area contributed by atoms with Gasteiger partial charge in [0.15, 0.2) is 0 Å². The van der Waals surface area contributed by atoms with E-state index in [0.29, 0.717) is 39.1 Å². The molecule has 0 unspecified atom stereocenters. The van der Waals surface area contributed by atoms with Gasteiger partial charge in [-0.05, 0) is 51.8 Å². The van der Waals surface area contributed by atoms with Crippen molar-refractivity contribution in [3.63, 3.8) is 0 Å². The Balaban J connectivity index is 1.51. The van der Waals surface area contributed by atoms with Crippen LogP contribution < -0.4 is 0 Å². The van der Waals surface area contributed by atoms with E-state index in [1.54, 1.807) is 11.2 Å². The first-order valence-electron chi connectivity index (χ1n) is 13.3. The maximum atomic E-state index is 12.6. The first-order chi connectivity index (χ1) is 17.9. The fraction of sp³-hybridized carbons (Fsp3) is 0.571. The maximum Gasteiger partial charge on any atom is 0.410 e. The third kappa shape index (κ3) is 6.45. The monoisotopic (exact) mass is 536 g/mol. The van der Waals surface area contributed by atoms with Gasteiger partial charge in [0.1, 0.15) is 24.3 Å². The van der Waals surface area contributed by atoms with Crippen LogP contribution in [0.4, 0.5) is 4.79 Å². The van der Waals surface area contributed by atoms with Crippen molar-refractivity contribution in [3.8, 4) is 17.3 Å². The van der Waals surface area contributed by atoms with Gasteiger partial charge in [-0.1, -0.05) is 19.6 Å². The Bertz CT molecular complexity index is 1300. The van der Waals surface area contributed by atoms with E-state index >= 15 is 0 Å². The number of carbonyl (C=O) groups is 1. The Kier molecular flexibility index (Phi) is 8.00. The molecule has 1 saturated heterocycles. The quantitative estimate of drug-likeness (QED) is 0.264. The summed E-state index contributed by atoms with van der Waals surface area (Å²) in [5.41, 5.74) is 1.76. The lowest BCUT2D eigenvalue weighted by atomic mass is 9.84. The average Bonchev–Trinajstić information content (AvgIpc) is 3.49. The molecule has 0 radical (unpaired) electrons. The van der Waals surface area contributed by atoms with Gasteiger partial charge in [0, 0.05) is 57.3 Å². The van der Waals surface area contributed by atoms with Crippen molar-refractivity contribution in [2.45, 2.75) is 83.6 Å². The number of fused-ring (bicyclic) bond motifs is 1. The number of piperidine rings is 1. The van der Waals surface area contributed by atoms with Gasteiger partial charge in [-0.3, -0.25) is 0 Å². The Labute approximate surface area is 226 Å². The van der Waals surface area contributed by atoms with Gasteiger partial charge in [-0.2, -0.15) is 5.26 Å². The van der Waals surface area contributed by atoms with Crippen molar-refractivity contribution in [1.82, 2.24) is 24.0 Å². The minimum Gasteiger partial charge on any atom is -0.444 e. The van der Waals surface area contributed by atoms with Gasteiger partial charge in [0.05, 0.1) is 23.7 Å². The summed E-state index contributed by atoms with van der Waals surface area (Å²) in [5, 5.41) is 10.6. The van der Waals surface area contributed by atoms with Gasteiger partial charge >= 0.3 is 6.09 Å². The molecule has 1 fully saturated rings. The number of likely N-dealkylation sites (tertiary alicyclic amines) is 1. The summed E-state index contributed by atoms with van der Waals surface area (Å²) in [4.78, 5) is 23.4. The van der Waals surface area contributed by atoms with Gasteiger partial charge in [0.2, 0.25) is 0 Å². The van der Waals surface area contributed by atoms with Crippen LogP contribution in [-0.2, 0) is 21.7 Å². The molecule has 9 nitrogen and oxygen atoms in total. The van der Waals surface area contributed by atoms with Crippen LogP contribution >= 0.6 is 0 Å². The standard InChI is InChI=1S/C28H40N6O3Si/c1-27(2,3)37-26(35)32-15-10-28(9-12-29,11-16-32)34-14-7-22(19-34)24-23-8-13-33(25(23)31-20-30-24)21-36-17-18-38(4,5)6/h7-8,13-14,19-20H,9-11,15-18,21H2,1-6H3. The second kappa shape index (κ2) is 10.9. The zero-order valence-corrected chi connectivity index (χ0v) is 24.5. The molecule has 0 bridgehead atoms. The molecule has 4 rings (SSSR count). The van der Waals surface area contributed by atoms with Crippen molar-refractivity contribution in [1.29, 1.82) is 5.26 Å². The molecule has 1 aliphatic heterocycles. The van der Waals surface area contributed by atoms with Gasteiger partial charge in [-0.25, -0.2) is 14.8 Å². The lowest BCUT2D eigenvalue weighted by Crippen LogP contribution is -2.48. The van der Waals surface area contributed by atoms with Crippen LogP contribution in [-0.4, -0.2) is 63.5 Å². The fourth-order valence-corrected chi connectivity index (χ4v) is 5.57. The zero-order chi connectivity index (χ0) is 27.6. The predicted octanol–water partition coefficient (Wildman–Crippen LogP) is 5.85. The summed E-state index contributed by atoms with van der Waals surface area (Å²) in [6.07, 6.45) is 9.12. The second-order valence-electron chi connectivity index (χ2n) is 12.4. The highest BCUT2D eigenvalue weighted by atomic mass is 28.3. The molecule has 1 amide bonds. The maximum absolute atomic E-state index is 12.6. The van der Waals surface area contributed by atoms with E-state index in [0.717, 1.165) is 34.9 Å². The topological polar surface area (TPSA) is 98.2 Å². The summed E-state index contributed by atoms with van der Waals surface area (Å²) >= 11 is 0. The minimum atomic E-state index is -1.14. The Morgan fingerprint density at radius 3 is 2.55 bits per heavy atom. The Hall–Kier alpha value is -3.16. The highest BCUT2D eigenvalue weighted by molar-refractivity contribution is 6.76. The van der Waals surface area contributed by atoms with Crippen molar-refractivity contribution in [3.05, 3.63) is 37.1 Å². The molecule has 1 aliphatic rings. The third-order valence-corrected chi connectivity index (χ3v) is 8.75. The highest BCUT2D eigenvalue weighted by Crippen LogP contribution is 2.36. The molecule has 3 aromatic rings. The molecule has 0 atom stereocenters. The van der Waals surface area contributed by atoms with Crippen LogP contribution in [0.3, 0.4) is 0 Å². The van der Waals surface area contributed by atoms with E-state index in [9.17, 15) is 10.1 Å². The number of rotatable bonds is 8. The number of hydrogen-bond acceptors (Lipinski definition) is 6. The molecular weight excluding hydrogens is 496 g/mol. The van der Waals surface area contributed by atoms with Crippen LogP contribution in [0.15, 0.2) is 37.1 Å². The Morgan fingerprint density at radius 2 is 1.89 bits per heavy atom. The molecule has 204 valence electrons. The van der Waals surface area contributed by atoms with E-state index in [2.05, 4.69) is 46.4 Å². The summed E-state index contributed by atoms with van der Waals surface area (Å²) in [6, 6.07) is 7.58. The number of nitrogens with zero attached hydrogens (tertiary/aromatic N) is 6. The summed E-state index contributed by atoms with van der Waals surface area (Å²) in [7, 11) is -1.14. The van der Waals surface area contributed by atoms with Crippen LogP contribution in [0, 0.1) is 11.3 Å². The summed E-state index contributed by atoms with van der Waals surface area (Å²) in [6.45, 7) is 15.0. The van der Waals surface area contributed by atoms with Crippen LogP contribution in [0.1, 0.15) is 40.0 Å². The van der Waals surface area contributed by atoms with Crippen molar-refractivity contribution in [2.24, 2.45) is 0 Å². The van der Waals surface area contributed by atoms with E-state index < -0.39 is 13.7 Å². The van der Waals surface area contributed by atoms with Crippen LogP contribution in [0.5, 0.6) is 0 Å². The SMILES string of the molecule is CC(C)(C)OC(=O)N1CCC(CC#N)(n2ccc(-c3ncnc4c3ccn4COCC[Si](C)(C)C)c2)CC1. The van der Waals surface area contributed by atoms with E-state index in [4.69, 9.17) is 9.47 Å². The van der Waals surface area contributed by atoms with Gasteiger partial charge in [-0.15, -0.1) is 0 Å². The lowest BCUT2D eigenvalue weighted by Gasteiger charge is -2.42. The number of carbonyl (C=O) groups excluding carboxylic acids is 1. The summed E-state index contributed by atoms with van der Waals surface area (Å²) in [5.74, 6) is 0. The highest BCUT2D eigenvalue weighted by Gasteiger charge is 2.38. The lowest BCUT2D eigenvalue weighted by molar-refractivity contribution is 0.0118. The molecule has 10 heteroatoms. The number of aromatic nitrogens is 4. The van der Waals surface area contributed by atoms with Crippen molar-refractivity contribution >= 4 is 25.2 Å². The van der Waals surface area contributed by atoms with Crippen molar-refractivity contribution in [2.75, 3.05) is 19.7 Å². The molecule has 38 heavy (non-hydrogen) atoms. The molecule has 0 N–H and O–H groups in total. The average molecular weight is 537 g/mol. The number of hydrogen-bond donors (Lipinski definition) is 0. The van der Waals surface area contributed by atoms with Gasteiger partial charge < -0.3 is 23.5 Å². The molecule has 4 heterocycles. The molecule has 0 spiro atoms. The van der Waals surface area contributed by atoms with E-state index in [-0.39, 0.29) is 11.6 Å². The summed E-state index contributed by atoms with van der Waals surface area (Å²) < 4.78 is 15.7. The van der Waals surface area contributed by atoms with Crippen molar-refractivity contribution < 1.29 is 14.3 Å². The normalized spacial score (nSPS) is 16.0. The number of amides is 1. The third-order valence-electron chi connectivity index (χ3n) is 7.05. The first kappa shape index (κ1) is 27.9. The number of nitriles is 1. The second-order valence-corrected chi connectivity index (χ2v) is 18.0. The Morgan fingerprint density at radius 1 is 1.16 bits per heavy atom. The zero-order valence-electron chi connectivity index (χ0n) is 23.5. The van der Waals surface area contributed by atoms with Crippen LogP contribution in [0.2, 0.25) is 25.7 Å². The molecule has 0 aromatic carbocycles. The number of ether oxygens (including phenoxy) is 2. The minimum absolute atomic E-state index is 0.298. The largest absolute Gasteiger partial charge is 0.444 e. The smallest absolute Gasteiger partial charge is 0.410 e. The fourth-order valence-electron chi connectivity index (χ4n) is 4.82. The van der Waals surface area contributed by atoms with Gasteiger partial charge in [0.25, 0.3) is 0 Å². The molecule has 0 saturated carbocycles. The molecular formula is C28H40N6O3Si. The van der Waals surface area contributed by atoms with E-state index in [1.807, 2.05) is 49.9 Å². The predicted molar refractivity (Wildman–Crippen MR) is 150 cm³/mol. The first-order valence-corrected chi connectivity index (χ1v) is 17.0. The molecule has 0 aliphatic carbocycles.